The van der Waals surface area contributed by atoms with Gasteiger partial charge in [0.2, 0.25) is 0 Å². The fraction of sp³-hybridized carbons (Fsp3) is 0.133. The van der Waals surface area contributed by atoms with Gasteiger partial charge in [0, 0.05) is 10.2 Å². The maximum Gasteiger partial charge on any atom is 0.323 e. The van der Waals surface area contributed by atoms with Gasteiger partial charge in [-0.25, -0.2) is 4.79 Å². The number of hydrogen-bond donors (Lipinski definition) is 2. The molecule has 0 fully saturated rings. The van der Waals surface area contributed by atoms with Crippen molar-refractivity contribution in [2.75, 3.05) is 17.2 Å². The van der Waals surface area contributed by atoms with Crippen LogP contribution in [0.4, 0.5) is 16.2 Å². The summed E-state index contributed by atoms with van der Waals surface area (Å²) in [6.07, 6.45) is 0. The number of anilines is 2. The number of benzene rings is 2. The number of ether oxygens (including phenoxy) is 1. The highest BCUT2D eigenvalue weighted by molar-refractivity contribution is 9.10. The van der Waals surface area contributed by atoms with Gasteiger partial charge in [-0.1, -0.05) is 27.5 Å². The third-order valence-electron chi connectivity index (χ3n) is 2.60. The Bertz CT molecular complexity index is 632. The van der Waals surface area contributed by atoms with Crippen LogP contribution in [-0.4, -0.2) is 12.6 Å². The molecular weight excluding hydrogens is 356 g/mol. The topological polar surface area (TPSA) is 50.4 Å². The Kier molecular flexibility index (Phi) is 5.47. The summed E-state index contributed by atoms with van der Waals surface area (Å²) in [7, 11) is 0. The van der Waals surface area contributed by atoms with Crippen molar-refractivity contribution < 1.29 is 9.53 Å². The van der Waals surface area contributed by atoms with Gasteiger partial charge < -0.3 is 15.4 Å². The molecule has 2 amide bonds. The van der Waals surface area contributed by atoms with E-state index in [2.05, 4.69) is 26.6 Å². The first-order valence-electron chi connectivity index (χ1n) is 6.34. The predicted molar refractivity (Wildman–Crippen MR) is 89.4 cm³/mol. The Morgan fingerprint density at radius 3 is 2.52 bits per heavy atom. The van der Waals surface area contributed by atoms with Crippen LogP contribution in [0.1, 0.15) is 6.92 Å². The maximum atomic E-state index is 11.9. The van der Waals surface area contributed by atoms with Gasteiger partial charge in [-0.05, 0) is 49.4 Å². The van der Waals surface area contributed by atoms with Gasteiger partial charge in [0.15, 0.2) is 0 Å². The molecular formula is C15H14BrClN2O2. The van der Waals surface area contributed by atoms with Crippen molar-refractivity contribution in [1.82, 2.24) is 0 Å². The number of urea groups is 1. The Labute approximate surface area is 136 Å². The number of carbonyl (C=O) groups excluding carboxylic acids is 1. The van der Waals surface area contributed by atoms with E-state index in [-0.39, 0.29) is 6.03 Å². The molecule has 0 bridgehead atoms. The minimum atomic E-state index is -0.358. The summed E-state index contributed by atoms with van der Waals surface area (Å²) in [5, 5.41) is 5.88. The third kappa shape index (κ3) is 4.65. The number of hydrogen-bond acceptors (Lipinski definition) is 2. The summed E-state index contributed by atoms with van der Waals surface area (Å²) in [4.78, 5) is 11.9. The lowest BCUT2D eigenvalue weighted by atomic mass is 10.3. The van der Waals surface area contributed by atoms with Crippen LogP contribution in [0.2, 0.25) is 5.02 Å². The van der Waals surface area contributed by atoms with Gasteiger partial charge >= 0.3 is 6.03 Å². The summed E-state index contributed by atoms with van der Waals surface area (Å²) in [6.45, 7) is 2.52. The number of halogens is 2. The van der Waals surface area contributed by atoms with E-state index >= 15 is 0 Å². The summed E-state index contributed by atoms with van der Waals surface area (Å²) in [5.41, 5.74) is 1.22. The molecule has 0 unspecified atom stereocenters. The summed E-state index contributed by atoms with van der Waals surface area (Å²) in [5.74, 6) is 0.763. The first-order chi connectivity index (χ1) is 10.1. The predicted octanol–water partition coefficient (Wildman–Crippen LogP) is 5.15. The van der Waals surface area contributed by atoms with E-state index in [1.807, 2.05) is 6.92 Å². The van der Waals surface area contributed by atoms with E-state index < -0.39 is 0 Å². The Morgan fingerprint density at radius 2 is 1.90 bits per heavy atom. The first kappa shape index (κ1) is 15.7. The Morgan fingerprint density at radius 1 is 1.19 bits per heavy atom. The Hall–Kier alpha value is -1.72. The standard InChI is InChI=1S/C15H14BrClN2O2/c1-2-21-12-6-4-11(5-7-12)18-15(20)19-14-8-3-10(16)9-13(14)17/h3-9H,2H2,1H3,(H2,18,19,20). The van der Waals surface area contributed by atoms with Crippen molar-refractivity contribution in [2.45, 2.75) is 6.92 Å². The van der Waals surface area contributed by atoms with Crippen LogP contribution >= 0.6 is 27.5 Å². The molecule has 21 heavy (non-hydrogen) atoms. The van der Waals surface area contributed by atoms with Crippen LogP contribution in [-0.2, 0) is 0 Å². The van der Waals surface area contributed by atoms with E-state index in [9.17, 15) is 4.79 Å². The minimum absolute atomic E-state index is 0.358. The van der Waals surface area contributed by atoms with Crippen LogP contribution in [0.5, 0.6) is 5.75 Å². The number of amides is 2. The molecule has 4 nitrogen and oxygen atoms in total. The highest BCUT2D eigenvalue weighted by atomic mass is 79.9. The molecule has 2 rings (SSSR count). The highest BCUT2D eigenvalue weighted by Crippen LogP contribution is 2.25. The zero-order valence-electron chi connectivity index (χ0n) is 11.3. The van der Waals surface area contributed by atoms with Gasteiger partial charge in [-0.2, -0.15) is 0 Å². The number of rotatable bonds is 4. The van der Waals surface area contributed by atoms with Gasteiger partial charge in [0.25, 0.3) is 0 Å². The van der Waals surface area contributed by atoms with Crippen LogP contribution in [0.3, 0.4) is 0 Å². The quantitative estimate of drug-likeness (QED) is 0.783. The maximum absolute atomic E-state index is 11.9. The molecule has 0 atom stereocenters. The molecule has 0 radical (unpaired) electrons. The summed E-state index contributed by atoms with van der Waals surface area (Å²) >= 11 is 9.35. The average molecular weight is 370 g/mol. The first-order valence-corrected chi connectivity index (χ1v) is 7.51. The second-order valence-electron chi connectivity index (χ2n) is 4.16. The van der Waals surface area contributed by atoms with Crippen molar-refractivity contribution in [3.63, 3.8) is 0 Å². The average Bonchev–Trinajstić information content (AvgIpc) is 2.44. The molecule has 0 aromatic heterocycles. The molecule has 110 valence electrons. The zero-order chi connectivity index (χ0) is 15.2. The second kappa shape index (κ2) is 7.33. The van der Waals surface area contributed by atoms with Crippen molar-refractivity contribution in [3.8, 4) is 5.75 Å². The highest BCUT2D eigenvalue weighted by Gasteiger charge is 2.06. The molecule has 0 heterocycles. The largest absolute Gasteiger partial charge is 0.494 e. The van der Waals surface area contributed by atoms with Gasteiger partial charge in [-0.3, -0.25) is 0 Å². The normalized spacial score (nSPS) is 10.0. The van der Waals surface area contributed by atoms with E-state index in [1.165, 1.54) is 0 Å². The molecule has 0 aliphatic rings. The fourth-order valence-corrected chi connectivity index (χ4v) is 2.40. The molecule has 0 spiro atoms. The number of nitrogens with one attached hydrogen (secondary N) is 2. The van der Waals surface area contributed by atoms with E-state index in [0.717, 1.165) is 10.2 Å². The second-order valence-corrected chi connectivity index (χ2v) is 5.48. The fourth-order valence-electron chi connectivity index (χ4n) is 1.68. The lowest BCUT2D eigenvalue weighted by Gasteiger charge is -2.10. The Balaban J connectivity index is 1.98. The molecule has 2 aromatic rings. The minimum Gasteiger partial charge on any atom is -0.494 e. The smallest absolute Gasteiger partial charge is 0.323 e. The molecule has 0 aliphatic heterocycles. The van der Waals surface area contributed by atoms with Crippen molar-refractivity contribution in [1.29, 1.82) is 0 Å². The van der Waals surface area contributed by atoms with Crippen LogP contribution in [0, 0.1) is 0 Å². The van der Waals surface area contributed by atoms with Gasteiger partial charge in [0.1, 0.15) is 5.75 Å². The zero-order valence-corrected chi connectivity index (χ0v) is 13.7. The van der Waals surface area contributed by atoms with Crippen LogP contribution < -0.4 is 15.4 Å². The monoisotopic (exact) mass is 368 g/mol. The van der Waals surface area contributed by atoms with Crippen molar-refractivity contribution >= 4 is 44.9 Å². The molecule has 0 saturated carbocycles. The lowest BCUT2D eigenvalue weighted by Crippen LogP contribution is -2.19. The van der Waals surface area contributed by atoms with Crippen molar-refractivity contribution in [2.24, 2.45) is 0 Å². The molecule has 0 saturated heterocycles. The van der Waals surface area contributed by atoms with Crippen LogP contribution in [0.25, 0.3) is 0 Å². The van der Waals surface area contributed by atoms with Crippen LogP contribution in [0.15, 0.2) is 46.9 Å². The summed E-state index contributed by atoms with van der Waals surface area (Å²) in [6, 6.07) is 12.0. The number of carbonyl (C=O) groups is 1. The van der Waals surface area contributed by atoms with E-state index in [4.69, 9.17) is 16.3 Å². The van der Waals surface area contributed by atoms with Gasteiger partial charge in [0.05, 0.1) is 17.3 Å². The molecule has 2 aromatic carbocycles. The van der Waals surface area contributed by atoms with E-state index in [1.54, 1.807) is 42.5 Å². The van der Waals surface area contributed by atoms with Crippen molar-refractivity contribution in [3.05, 3.63) is 52.0 Å². The van der Waals surface area contributed by atoms with E-state index in [0.29, 0.717) is 23.0 Å². The SMILES string of the molecule is CCOc1ccc(NC(=O)Nc2ccc(Br)cc2Cl)cc1. The third-order valence-corrected chi connectivity index (χ3v) is 3.41. The van der Waals surface area contributed by atoms with Gasteiger partial charge in [-0.15, -0.1) is 0 Å². The molecule has 6 heteroatoms. The lowest BCUT2D eigenvalue weighted by molar-refractivity contribution is 0.262. The molecule has 0 aliphatic carbocycles. The molecule has 2 N–H and O–H groups in total. The summed E-state index contributed by atoms with van der Waals surface area (Å²) < 4.78 is 6.19.